The van der Waals surface area contributed by atoms with Crippen molar-refractivity contribution in [3.63, 3.8) is 0 Å². The first-order valence-electron chi connectivity index (χ1n) is 8.16. The van der Waals surface area contributed by atoms with Gasteiger partial charge < -0.3 is 5.32 Å². The second-order valence-corrected chi connectivity index (χ2v) is 8.64. The summed E-state index contributed by atoms with van der Waals surface area (Å²) in [5.74, 6) is 1.18. The fourth-order valence-corrected chi connectivity index (χ4v) is 4.34. The molecule has 3 heterocycles. The van der Waals surface area contributed by atoms with E-state index in [1.165, 1.54) is 11.3 Å². The van der Waals surface area contributed by atoms with Gasteiger partial charge in [0.25, 0.3) is 0 Å². The lowest BCUT2D eigenvalue weighted by Gasteiger charge is -2.08. The van der Waals surface area contributed by atoms with Crippen molar-refractivity contribution >= 4 is 61.4 Å². The highest BCUT2D eigenvalue weighted by atomic mass is 79.9. The summed E-state index contributed by atoms with van der Waals surface area (Å²) >= 11 is 17.3. The van der Waals surface area contributed by atoms with E-state index in [2.05, 4.69) is 41.5 Å². The molecule has 10 heteroatoms. The molecule has 4 aromatic rings. The van der Waals surface area contributed by atoms with Gasteiger partial charge in [0.1, 0.15) is 15.4 Å². The average molecular weight is 496 g/mol. The molecule has 142 valence electrons. The predicted molar refractivity (Wildman–Crippen MR) is 117 cm³/mol. The average Bonchev–Trinajstić information content (AvgIpc) is 3.25. The number of hydrogen-bond acceptors (Lipinski definition) is 6. The fourth-order valence-electron chi connectivity index (χ4n) is 2.67. The van der Waals surface area contributed by atoms with E-state index in [9.17, 15) is 0 Å². The summed E-state index contributed by atoms with van der Waals surface area (Å²) < 4.78 is 2.25. The number of benzene rings is 1. The van der Waals surface area contributed by atoms with Gasteiger partial charge in [-0.3, -0.25) is 0 Å². The van der Waals surface area contributed by atoms with E-state index in [0.717, 1.165) is 21.7 Å². The first-order chi connectivity index (χ1) is 13.4. The van der Waals surface area contributed by atoms with Gasteiger partial charge in [0.2, 0.25) is 5.13 Å². The van der Waals surface area contributed by atoms with Crippen LogP contribution in [0, 0.1) is 13.8 Å². The van der Waals surface area contributed by atoms with Crippen molar-refractivity contribution in [2.75, 3.05) is 5.32 Å². The summed E-state index contributed by atoms with van der Waals surface area (Å²) in [6.45, 7) is 4.07. The number of hydrogen-bond donors (Lipinski definition) is 1. The first kappa shape index (κ1) is 19.3. The quantitative estimate of drug-likeness (QED) is 0.364. The van der Waals surface area contributed by atoms with Gasteiger partial charge in [-0.25, -0.2) is 4.98 Å². The van der Waals surface area contributed by atoms with Crippen LogP contribution in [-0.2, 0) is 0 Å². The standard InChI is InChI=1S/C18H13BrCl2N6S/c1-9-6-11(20)7-12(10(9)2)17-24-25-18(28-17)23-15-8-14(19)26-27(15)16-13(21)4-3-5-22-16/h3-8H,1-2H3,(H,23,25). The van der Waals surface area contributed by atoms with Crippen LogP contribution < -0.4 is 5.32 Å². The van der Waals surface area contributed by atoms with Gasteiger partial charge in [-0.1, -0.05) is 34.5 Å². The smallest absolute Gasteiger partial charge is 0.211 e. The van der Waals surface area contributed by atoms with Crippen molar-refractivity contribution in [1.29, 1.82) is 0 Å². The highest BCUT2D eigenvalue weighted by molar-refractivity contribution is 9.10. The Labute approximate surface area is 183 Å². The van der Waals surface area contributed by atoms with Crippen molar-refractivity contribution in [1.82, 2.24) is 25.0 Å². The van der Waals surface area contributed by atoms with E-state index < -0.39 is 0 Å². The third-order valence-corrected chi connectivity index (χ3v) is 5.91. The van der Waals surface area contributed by atoms with E-state index in [0.29, 0.717) is 31.4 Å². The van der Waals surface area contributed by atoms with Crippen LogP contribution in [0.3, 0.4) is 0 Å². The first-order valence-corrected chi connectivity index (χ1v) is 10.5. The van der Waals surface area contributed by atoms with Crippen LogP contribution in [0.4, 0.5) is 10.9 Å². The molecule has 28 heavy (non-hydrogen) atoms. The van der Waals surface area contributed by atoms with Crippen LogP contribution in [0.2, 0.25) is 10.0 Å². The van der Waals surface area contributed by atoms with Crippen molar-refractivity contribution in [3.05, 3.63) is 62.3 Å². The lowest BCUT2D eigenvalue weighted by atomic mass is 10.0. The summed E-state index contributed by atoms with van der Waals surface area (Å²) in [5.41, 5.74) is 3.21. The summed E-state index contributed by atoms with van der Waals surface area (Å²) in [7, 11) is 0. The molecule has 0 amide bonds. The monoisotopic (exact) mass is 494 g/mol. The molecule has 0 spiro atoms. The minimum Gasteiger partial charge on any atom is -0.315 e. The van der Waals surface area contributed by atoms with Crippen LogP contribution in [-0.4, -0.2) is 25.0 Å². The maximum Gasteiger partial charge on any atom is 0.211 e. The van der Waals surface area contributed by atoms with Crippen LogP contribution in [0.1, 0.15) is 11.1 Å². The number of halogens is 3. The summed E-state index contributed by atoms with van der Waals surface area (Å²) in [5, 5.41) is 18.8. The zero-order chi connectivity index (χ0) is 19.8. The molecular formula is C18H13BrCl2N6S. The minimum absolute atomic E-state index is 0.490. The molecule has 0 fully saturated rings. The molecule has 0 aliphatic rings. The lowest BCUT2D eigenvalue weighted by Crippen LogP contribution is -2.04. The van der Waals surface area contributed by atoms with E-state index in [-0.39, 0.29) is 0 Å². The number of aryl methyl sites for hydroxylation is 1. The van der Waals surface area contributed by atoms with Crippen LogP contribution in [0.15, 0.2) is 41.1 Å². The van der Waals surface area contributed by atoms with Crippen LogP contribution in [0.25, 0.3) is 16.4 Å². The predicted octanol–water partition coefficient (Wildman–Crippen LogP) is 6.22. The number of nitrogens with one attached hydrogen (secondary N) is 1. The molecule has 0 unspecified atom stereocenters. The van der Waals surface area contributed by atoms with E-state index in [1.54, 1.807) is 23.0 Å². The highest BCUT2D eigenvalue weighted by Crippen LogP contribution is 2.34. The molecule has 4 rings (SSSR count). The molecular weight excluding hydrogens is 483 g/mol. The fraction of sp³-hybridized carbons (Fsp3) is 0.111. The van der Waals surface area contributed by atoms with Crippen LogP contribution >= 0.6 is 50.5 Å². The third-order valence-electron chi connectivity index (χ3n) is 4.14. The Balaban J connectivity index is 1.69. The van der Waals surface area contributed by atoms with Gasteiger partial charge in [0.15, 0.2) is 5.82 Å². The van der Waals surface area contributed by atoms with Crippen molar-refractivity contribution in [2.24, 2.45) is 0 Å². The Bertz CT molecular complexity index is 1170. The molecule has 0 atom stereocenters. The number of rotatable bonds is 4. The molecule has 0 saturated heterocycles. The molecule has 0 saturated carbocycles. The van der Waals surface area contributed by atoms with Gasteiger partial charge in [-0.2, -0.15) is 9.78 Å². The van der Waals surface area contributed by atoms with Crippen molar-refractivity contribution in [3.8, 4) is 16.4 Å². The molecule has 1 N–H and O–H groups in total. The number of nitrogens with zero attached hydrogens (tertiary/aromatic N) is 5. The van der Waals surface area contributed by atoms with E-state index >= 15 is 0 Å². The lowest BCUT2D eigenvalue weighted by molar-refractivity contribution is 0.845. The van der Waals surface area contributed by atoms with Gasteiger partial charge in [0, 0.05) is 22.8 Å². The number of aromatic nitrogens is 5. The van der Waals surface area contributed by atoms with Gasteiger partial charge >= 0.3 is 0 Å². The molecule has 3 aromatic heterocycles. The largest absolute Gasteiger partial charge is 0.315 e. The molecule has 0 radical (unpaired) electrons. The number of pyridine rings is 1. The van der Waals surface area contributed by atoms with Crippen LogP contribution in [0.5, 0.6) is 0 Å². The summed E-state index contributed by atoms with van der Waals surface area (Å²) in [4.78, 5) is 4.31. The normalized spacial score (nSPS) is 11.0. The van der Waals surface area contributed by atoms with E-state index in [4.69, 9.17) is 23.2 Å². The second-order valence-electron chi connectivity index (χ2n) is 6.01. The van der Waals surface area contributed by atoms with Crippen molar-refractivity contribution in [2.45, 2.75) is 13.8 Å². The van der Waals surface area contributed by atoms with Gasteiger partial charge in [-0.15, -0.1) is 10.2 Å². The Hall–Kier alpha value is -2.00. The molecule has 0 aliphatic carbocycles. The number of anilines is 2. The molecule has 1 aromatic carbocycles. The third kappa shape index (κ3) is 3.77. The molecule has 0 bridgehead atoms. The molecule has 0 aliphatic heterocycles. The van der Waals surface area contributed by atoms with Gasteiger partial charge in [-0.05, 0) is 65.2 Å². The Morgan fingerprint density at radius 3 is 2.75 bits per heavy atom. The van der Waals surface area contributed by atoms with E-state index in [1.807, 2.05) is 32.0 Å². The molecule has 6 nitrogen and oxygen atoms in total. The summed E-state index contributed by atoms with van der Waals surface area (Å²) in [6, 6.07) is 9.19. The topological polar surface area (TPSA) is 68.5 Å². The van der Waals surface area contributed by atoms with Crippen molar-refractivity contribution < 1.29 is 0 Å². The second kappa shape index (κ2) is 7.79. The Morgan fingerprint density at radius 2 is 1.96 bits per heavy atom. The maximum absolute atomic E-state index is 6.27. The highest BCUT2D eigenvalue weighted by Gasteiger charge is 2.16. The minimum atomic E-state index is 0.490. The zero-order valence-corrected chi connectivity index (χ0v) is 18.7. The van der Waals surface area contributed by atoms with Gasteiger partial charge in [0.05, 0.1) is 5.02 Å². The SMILES string of the molecule is Cc1cc(Cl)cc(-c2nnc(Nc3cc(Br)nn3-c3ncccc3Cl)s2)c1C. The zero-order valence-electron chi connectivity index (χ0n) is 14.7. The Kier molecular flexibility index (Phi) is 5.37. The Morgan fingerprint density at radius 1 is 1.14 bits per heavy atom. The maximum atomic E-state index is 6.27. The summed E-state index contributed by atoms with van der Waals surface area (Å²) in [6.07, 6.45) is 1.66.